The molecule has 3 aromatic rings. The molecule has 10 heteroatoms. The van der Waals surface area contributed by atoms with Crippen LogP contribution in [0.3, 0.4) is 0 Å². The number of hydrogen-bond acceptors (Lipinski definition) is 5. The van der Waals surface area contributed by atoms with Crippen molar-refractivity contribution in [1.82, 2.24) is 10.6 Å². The third kappa shape index (κ3) is 9.31. The van der Waals surface area contributed by atoms with Crippen LogP contribution in [0.2, 0.25) is 0 Å². The molecular formula is C29H36ClN5O4. The van der Waals surface area contributed by atoms with Gasteiger partial charge in [-0.05, 0) is 41.7 Å². The summed E-state index contributed by atoms with van der Waals surface area (Å²) in [5.41, 5.74) is 13.2. The first kappa shape index (κ1) is 31.1. The molecule has 0 saturated carbocycles. The normalized spacial score (nSPS) is 12.0. The van der Waals surface area contributed by atoms with Crippen LogP contribution in [0, 0.1) is 0 Å². The number of ether oxygens (including phenoxy) is 1. The van der Waals surface area contributed by atoms with Crippen LogP contribution >= 0.6 is 12.4 Å². The van der Waals surface area contributed by atoms with E-state index in [-0.39, 0.29) is 30.9 Å². The molecule has 0 aromatic heterocycles. The van der Waals surface area contributed by atoms with Gasteiger partial charge in [0, 0.05) is 6.54 Å². The van der Waals surface area contributed by atoms with Gasteiger partial charge in [-0.2, -0.15) is 0 Å². The van der Waals surface area contributed by atoms with Crippen LogP contribution in [-0.4, -0.2) is 49.2 Å². The summed E-state index contributed by atoms with van der Waals surface area (Å²) in [4.78, 5) is 31.1. The largest absolute Gasteiger partial charge is 0.497 e. The summed E-state index contributed by atoms with van der Waals surface area (Å²) in [5.74, 6) is -0.717. The molecule has 0 saturated heterocycles. The first-order valence-corrected chi connectivity index (χ1v) is 12.4. The number of guanidine groups is 1. The number of carbonyl (C=O) groups excluding carboxylic acids is 2. The van der Waals surface area contributed by atoms with E-state index in [1.807, 2.05) is 60.7 Å². The fourth-order valence-corrected chi connectivity index (χ4v) is 4.16. The second-order valence-corrected chi connectivity index (χ2v) is 8.78. The average Bonchev–Trinajstić information content (AvgIpc) is 2.94. The van der Waals surface area contributed by atoms with Gasteiger partial charge in [0.15, 0.2) is 5.96 Å². The number of methoxy groups -OCH3 is 1. The summed E-state index contributed by atoms with van der Waals surface area (Å²) in [6, 6.07) is 24.3. The second-order valence-electron chi connectivity index (χ2n) is 8.78. The number of aliphatic hydroxyl groups excluding tert-OH is 1. The Hall–Kier alpha value is -4.08. The fraction of sp³-hybridized carbons (Fsp3) is 0.276. The molecule has 0 unspecified atom stereocenters. The van der Waals surface area contributed by atoms with Crippen LogP contribution in [0.5, 0.6) is 5.75 Å². The van der Waals surface area contributed by atoms with E-state index < -0.39 is 23.9 Å². The molecule has 0 radical (unpaired) electrons. The Morgan fingerprint density at radius 3 is 1.90 bits per heavy atom. The smallest absolute Gasteiger partial charge is 0.243 e. The molecule has 0 bridgehead atoms. The van der Waals surface area contributed by atoms with Crippen LogP contribution in [-0.2, 0) is 9.59 Å². The Morgan fingerprint density at radius 1 is 0.846 bits per heavy atom. The maximum Gasteiger partial charge on any atom is 0.243 e. The minimum atomic E-state index is -0.876. The summed E-state index contributed by atoms with van der Waals surface area (Å²) >= 11 is 0. The molecule has 2 amide bonds. The number of aliphatic hydroxyl groups is 1. The number of amides is 2. The molecule has 39 heavy (non-hydrogen) atoms. The van der Waals surface area contributed by atoms with Crippen molar-refractivity contribution in [2.75, 3.05) is 20.3 Å². The Labute approximate surface area is 235 Å². The molecule has 0 fully saturated rings. The SMILES string of the molecule is COc1ccc([C@H](CO)NC(=O)[C@H](CCCN=C(N)N)NC(=O)C(c2ccccc2)c2ccccc2)cc1.Cl. The van der Waals surface area contributed by atoms with Crippen LogP contribution in [0.15, 0.2) is 89.9 Å². The Balaban J connectivity index is 0.00000533. The number of benzene rings is 3. The van der Waals surface area contributed by atoms with Crippen LogP contribution in [0.25, 0.3) is 0 Å². The minimum Gasteiger partial charge on any atom is -0.497 e. The Bertz CT molecular complexity index is 1150. The van der Waals surface area contributed by atoms with Crippen molar-refractivity contribution < 1.29 is 19.4 Å². The van der Waals surface area contributed by atoms with Crippen LogP contribution < -0.4 is 26.8 Å². The molecule has 0 heterocycles. The molecule has 0 aliphatic heterocycles. The summed E-state index contributed by atoms with van der Waals surface area (Å²) in [6.07, 6.45) is 0.759. The summed E-state index contributed by atoms with van der Waals surface area (Å²) in [5, 5.41) is 15.8. The lowest BCUT2D eigenvalue weighted by atomic mass is 9.90. The number of carbonyl (C=O) groups is 2. The molecule has 3 rings (SSSR count). The predicted octanol–water partition coefficient (Wildman–Crippen LogP) is 2.64. The van der Waals surface area contributed by atoms with Crippen molar-refractivity contribution in [2.45, 2.75) is 30.8 Å². The van der Waals surface area contributed by atoms with Gasteiger partial charge in [0.05, 0.1) is 25.7 Å². The van der Waals surface area contributed by atoms with Gasteiger partial charge in [0.1, 0.15) is 11.8 Å². The van der Waals surface area contributed by atoms with Crippen molar-refractivity contribution in [3.05, 3.63) is 102 Å². The highest BCUT2D eigenvalue weighted by molar-refractivity contribution is 5.92. The number of nitrogens with zero attached hydrogens (tertiary/aromatic N) is 1. The lowest BCUT2D eigenvalue weighted by Crippen LogP contribution is -2.49. The fourth-order valence-electron chi connectivity index (χ4n) is 4.16. The molecule has 0 aliphatic rings. The Kier molecular flexibility index (Phi) is 12.8. The standard InChI is InChI=1S/C29H35N5O4.ClH/c1-38-23-16-14-20(15-17-23)25(19-35)34-27(36)24(13-8-18-32-29(30)31)33-28(37)26(21-9-4-2-5-10-21)22-11-6-3-7-12-22;/h2-7,9-12,14-17,24-26,35H,8,13,18-19H2,1H3,(H,33,37)(H,34,36)(H4,30,31,32);1H/t24-,25-;/m0./s1. The van der Waals surface area contributed by atoms with Gasteiger partial charge >= 0.3 is 0 Å². The minimum absolute atomic E-state index is 0. The quantitative estimate of drug-likeness (QED) is 0.125. The van der Waals surface area contributed by atoms with Crippen molar-refractivity contribution in [3.63, 3.8) is 0 Å². The molecular weight excluding hydrogens is 518 g/mol. The number of aliphatic imine (C=N–C) groups is 1. The summed E-state index contributed by atoms with van der Waals surface area (Å²) in [7, 11) is 1.56. The van der Waals surface area contributed by atoms with E-state index >= 15 is 0 Å². The third-order valence-electron chi connectivity index (χ3n) is 6.12. The van der Waals surface area contributed by atoms with Crippen molar-refractivity contribution in [1.29, 1.82) is 0 Å². The van der Waals surface area contributed by atoms with E-state index in [0.29, 0.717) is 30.7 Å². The summed E-state index contributed by atoms with van der Waals surface area (Å²) in [6.45, 7) is -0.00587. The highest BCUT2D eigenvalue weighted by Gasteiger charge is 2.29. The van der Waals surface area contributed by atoms with Crippen molar-refractivity contribution in [3.8, 4) is 5.75 Å². The zero-order valence-corrected chi connectivity index (χ0v) is 22.6. The van der Waals surface area contributed by atoms with Gasteiger partial charge in [-0.1, -0.05) is 72.8 Å². The van der Waals surface area contributed by atoms with Gasteiger partial charge in [0.25, 0.3) is 0 Å². The van der Waals surface area contributed by atoms with E-state index in [0.717, 1.165) is 11.1 Å². The third-order valence-corrected chi connectivity index (χ3v) is 6.12. The molecule has 9 nitrogen and oxygen atoms in total. The highest BCUT2D eigenvalue weighted by atomic mass is 35.5. The molecule has 208 valence electrons. The lowest BCUT2D eigenvalue weighted by molar-refractivity contribution is -0.130. The first-order chi connectivity index (χ1) is 18.4. The van der Waals surface area contributed by atoms with Crippen LogP contribution in [0.1, 0.15) is 41.5 Å². The van der Waals surface area contributed by atoms with Gasteiger partial charge in [-0.15, -0.1) is 12.4 Å². The zero-order valence-electron chi connectivity index (χ0n) is 21.8. The number of hydrogen-bond donors (Lipinski definition) is 5. The topological polar surface area (TPSA) is 152 Å². The average molecular weight is 554 g/mol. The lowest BCUT2D eigenvalue weighted by Gasteiger charge is -2.25. The predicted molar refractivity (Wildman–Crippen MR) is 155 cm³/mol. The van der Waals surface area contributed by atoms with Crippen molar-refractivity contribution >= 4 is 30.2 Å². The highest BCUT2D eigenvalue weighted by Crippen LogP contribution is 2.25. The second kappa shape index (κ2) is 16.0. The van der Waals surface area contributed by atoms with E-state index in [4.69, 9.17) is 16.2 Å². The maximum atomic E-state index is 13.7. The first-order valence-electron chi connectivity index (χ1n) is 12.4. The van der Waals surface area contributed by atoms with Gasteiger partial charge in [-0.3, -0.25) is 14.6 Å². The van der Waals surface area contributed by atoms with Crippen LogP contribution in [0.4, 0.5) is 0 Å². The summed E-state index contributed by atoms with van der Waals surface area (Å²) < 4.78 is 5.19. The molecule has 0 spiro atoms. The van der Waals surface area contributed by atoms with Gasteiger partial charge < -0.3 is 31.9 Å². The van der Waals surface area contributed by atoms with E-state index in [1.165, 1.54) is 0 Å². The molecule has 3 aromatic carbocycles. The van der Waals surface area contributed by atoms with Gasteiger partial charge in [-0.25, -0.2) is 0 Å². The number of halogens is 1. The molecule has 2 atom stereocenters. The zero-order chi connectivity index (χ0) is 27.3. The Morgan fingerprint density at radius 2 is 1.41 bits per heavy atom. The molecule has 0 aliphatic carbocycles. The van der Waals surface area contributed by atoms with E-state index in [2.05, 4.69) is 15.6 Å². The van der Waals surface area contributed by atoms with E-state index in [9.17, 15) is 14.7 Å². The van der Waals surface area contributed by atoms with Gasteiger partial charge in [0.2, 0.25) is 11.8 Å². The monoisotopic (exact) mass is 553 g/mol. The number of rotatable bonds is 13. The molecule has 7 N–H and O–H groups in total. The number of nitrogens with one attached hydrogen (secondary N) is 2. The number of nitrogens with two attached hydrogens (primary N) is 2. The van der Waals surface area contributed by atoms with E-state index in [1.54, 1.807) is 31.4 Å². The van der Waals surface area contributed by atoms with Crippen molar-refractivity contribution in [2.24, 2.45) is 16.5 Å². The maximum absolute atomic E-state index is 13.7.